The zero-order chi connectivity index (χ0) is 13.9. The first kappa shape index (κ1) is 16.1. The van der Waals surface area contributed by atoms with Crippen LogP contribution in [-0.4, -0.2) is 24.9 Å². The molecule has 3 N–H and O–H groups in total. The van der Waals surface area contributed by atoms with E-state index in [0.29, 0.717) is 0 Å². The number of nitrogens with one attached hydrogen (secondary N) is 3. The van der Waals surface area contributed by atoms with Gasteiger partial charge in [-0.05, 0) is 24.3 Å². The van der Waals surface area contributed by atoms with Crippen LogP contribution in [0.1, 0.15) is 51.4 Å². The van der Waals surface area contributed by atoms with Gasteiger partial charge in [-0.1, -0.05) is 44.9 Å². The molecule has 1 fully saturated rings. The molecule has 0 saturated heterocycles. The lowest BCUT2D eigenvalue weighted by Crippen LogP contribution is -2.36. The molecule has 0 heterocycles. The number of ether oxygens (including phenoxy) is 1. The predicted molar refractivity (Wildman–Crippen MR) is 79.3 cm³/mol. The molecule has 0 spiro atoms. The van der Waals surface area contributed by atoms with Gasteiger partial charge in [0.25, 0.3) is 6.02 Å². The largest absolute Gasteiger partial charge is 0.468 e. The molecule has 5 nitrogen and oxygen atoms in total. The lowest BCUT2D eigenvalue weighted by molar-refractivity contribution is 0.247. The smallest absolute Gasteiger partial charge is 0.332 e. The molecule has 110 valence electrons. The van der Waals surface area contributed by atoms with Crippen LogP contribution in [0, 0.1) is 11.3 Å². The van der Waals surface area contributed by atoms with Crippen molar-refractivity contribution in [3.8, 4) is 0 Å². The average molecular weight is 287 g/mol. The molecule has 0 unspecified atom stereocenters. The summed E-state index contributed by atoms with van der Waals surface area (Å²) in [5, 5.41) is 9.43. The lowest BCUT2D eigenvalue weighted by Gasteiger charge is -2.19. The minimum absolute atomic E-state index is 0.238. The molecule has 1 aliphatic carbocycles. The van der Waals surface area contributed by atoms with E-state index in [4.69, 9.17) is 5.41 Å². The summed E-state index contributed by atoms with van der Waals surface area (Å²) in [4.78, 5) is 11.3. The summed E-state index contributed by atoms with van der Waals surface area (Å²) in [6, 6.07) is -0.632. The van der Waals surface area contributed by atoms with Gasteiger partial charge < -0.3 is 4.74 Å². The van der Waals surface area contributed by atoms with Crippen molar-refractivity contribution >= 4 is 24.0 Å². The molecular formula is C13H25N3O2S. The number of rotatable bonds is 4. The highest BCUT2D eigenvalue weighted by Crippen LogP contribution is 2.25. The zero-order valence-corrected chi connectivity index (χ0v) is 12.5. The fourth-order valence-corrected chi connectivity index (χ4v) is 3.09. The Morgan fingerprint density at radius 3 is 2.53 bits per heavy atom. The van der Waals surface area contributed by atoms with Crippen molar-refractivity contribution in [2.45, 2.75) is 51.4 Å². The number of amides is 2. The SMILES string of the molecule is COC(=N)NC(=O)NSCCC1CCCCCCC1. The van der Waals surface area contributed by atoms with E-state index in [0.717, 1.165) is 18.1 Å². The number of hydrogen-bond acceptors (Lipinski definition) is 4. The molecule has 1 saturated carbocycles. The summed E-state index contributed by atoms with van der Waals surface area (Å²) in [6.45, 7) is 0. The maximum absolute atomic E-state index is 11.3. The molecule has 0 radical (unpaired) electrons. The van der Waals surface area contributed by atoms with Gasteiger partial charge in [0.15, 0.2) is 0 Å². The molecular weight excluding hydrogens is 262 g/mol. The third kappa shape index (κ3) is 7.97. The minimum atomic E-state index is -0.394. The average Bonchev–Trinajstić information content (AvgIpc) is 2.36. The molecule has 1 rings (SSSR count). The van der Waals surface area contributed by atoms with Gasteiger partial charge in [0.1, 0.15) is 0 Å². The third-order valence-corrected chi connectivity index (χ3v) is 4.22. The van der Waals surface area contributed by atoms with E-state index in [2.05, 4.69) is 14.8 Å². The van der Waals surface area contributed by atoms with Crippen LogP contribution < -0.4 is 10.0 Å². The van der Waals surface area contributed by atoms with Crippen LogP contribution >= 0.6 is 11.9 Å². The second-order valence-electron chi connectivity index (χ2n) is 4.94. The van der Waals surface area contributed by atoms with E-state index in [1.807, 2.05) is 0 Å². The Bertz CT molecular complexity index is 279. The molecule has 6 heteroatoms. The van der Waals surface area contributed by atoms with Crippen LogP contribution in [0.25, 0.3) is 0 Å². The van der Waals surface area contributed by atoms with E-state index in [1.165, 1.54) is 64.0 Å². The van der Waals surface area contributed by atoms with E-state index < -0.39 is 6.03 Å². The second kappa shape index (κ2) is 9.95. The van der Waals surface area contributed by atoms with E-state index >= 15 is 0 Å². The summed E-state index contributed by atoms with van der Waals surface area (Å²) in [7, 11) is 1.35. The highest BCUT2D eigenvalue weighted by atomic mass is 32.2. The summed E-state index contributed by atoms with van der Waals surface area (Å²) in [5.41, 5.74) is 0. The minimum Gasteiger partial charge on any atom is -0.468 e. The van der Waals surface area contributed by atoms with Crippen molar-refractivity contribution in [1.82, 2.24) is 10.0 Å². The van der Waals surface area contributed by atoms with Crippen LogP contribution in [0.2, 0.25) is 0 Å². The van der Waals surface area contributed by atoms with E-state index in [9.17, 15) is 4.79 Å². The molecule has 1 aliphatic rings. The number of methoxy groups -OCH3 is 1. The first-order valence-corrected chi connectivity index (χ1v) is 8.02. The molecule has 19 heavy (non-hydrogen) atoms. The quantitative estimate of drug-likeness (QED) is 0.321. The first-order chi connectivity index (χ1) is 9.22. The molecule has 0 aromatic carbocycles. The molecule has 0 atom stereocenters. The Labute approximate surface area is 119 Å². The van der Waals surface area contributed by atoms with Crippen molar-refractivity contribution < 1.29 is 9.53 Å². The van der Waals surface area contributed by atoms with Crippen molar-refractivity contribution in [3.63, 3.8) is 0 Å². The number of hydrogen-bond donors (Lipinski definition) is 3. The summed E-state index contributed by atoms with van der Waals surface area (Å²) in [6.07, 6.45) is 10.7. The maximum Gasteiger partial charge on any atom is 0.332 e. The Morgan fingerprint density at radius 1 is 1.26 bits per heavy atom. The van der Waals surface area contributed by atoms with Crippen LogP contribution in [0.3, 0.4) is 0 Å². The predicted octanol–water partition coefficient (Wildman–Crippen LogP) is 3.27. The van der Waals surface area contributed by atoms with Crippen molar-refractivity contribution in [2.75, 3.05) is 12.9 Å². The number of carbonyl (C=O) groups is 1. The molecule has 0 aromatic rings. The molecule has 0 bridgehead atoms. The van der Waals surface area contributed by atoms with Crippen molar-refractivity contribution in [3.05, 3.63) is 0 Å². The van der Waals surface area contributed by atoms with Crippen molar-refractivity contribution in [2.24, 2.45) is 5.92 Å². The number of amidine groups is 1. The molecule has 2 amide bonds. The van der Waals surface area contributed by atoms with Gasteiger partial charge in [0.05, 0.1) is 7.11 Å². The maximum atomic E-state index is 11.3. The summed E-state index contributed by atoms with van der Waals surface area (Å²) < 4.78 is 7.21. The molecule has 0 aromatic heterocycles. The Hall–Kier alpha value is -0.910. The van der Waals surface area contributed by atoms with Gasteiger partial charge in [-0.15, -0.1) is 0 Å². The van der Waals surface area contributed by atoms with Gasteiger partial charge in [-0.3, -0.25) is 15.4 Å². The highest BCUT2D eigenvalue weighted by Gasteiger charge is 2.11. The highest BCUT2D eigenvalue weighted by molar-refractivity contribution is 7.97. The van der Waals surface area contributed by atoms with Gasteiger partial charge in [0, 0.05) is 5.75 Å². The Kier molecular flexibility index (Phi) is 8.45. The topological polar surface area (TPSA) is 74.2 Å². The summed E-state index contributed by atoms with van der Waals surface area (Å²) >= 11 is 1.41. The van der Waals surface area contributed by atoms with Crippen LogP contribution in [0.5, 0.6) is 0 Å². The van der Waals surface area contributed by atoms with Crippen LogP contribution in [0.15, 0.2) is 0 Å². The van der Waals surface area contributed by atoms with Gasteiger partial charge in [0.2, 0.25) is 0 Å². The normalized spacial score (nSPS) is 17.1. The number of carbonyl (C=O) groups excluding carboxylic acids is 1. The zero-order valence-electron chi connectivity index (χ0n) is 11.7. The fourth-order valence-electron chi connectivity index (χ4n) is 2.35. The monoisotopic (exact) mass is 287 g/mol. The lowest BCUT2D eigenvalue weighted by atomic mass is 9.89. The van der Waals surface area contributed by atoms with E-state index in [-0.39, 0.29) is 6.02 Å². The standard InChI is InChI=1S/C13H25N3O2S/c1-18-12(14)15-13(17)16-19-10-9-11-7-5-3-2-4-6-8-11/h11H,2-10H2,1H3,(H3,14,15,16,17). The van der Waals surface area contributed by atoms with Crippen LogP contribution in [0.4, 0.5) is 4.79 Å². The van der Waals surface area contributed by atoms with Crippen LogP contribution in [-0.2, 0) is 4.74 Å². The van der Waals surface area contributed by atoms with Gasteiger partial charge >= 0.3 is 6.03 Å². The summed E-state index contributed by atoms with van der Waals surface area (Å²) in [5.74, 6) is 1.74. The fraction of sp³-hybridized carbons (Fsp3) is 0.846. The Morgan fingerprint density at radius 2 is 1.89 bits per heavy atom. The third-order valence-electron chi connectivity index (χ3n) is 3.45. The first-order valence-electron chi connectivity index (χ1n) is 7.03. The van der Waals surface area contributed by atoms with Crippen molar-refractivity contribution in [1.29, 1.82) is 5.41 Å². The van der Waals surface area contributed by atoms with E-state index in [1.54, 1.807) is 0 Å². The van der Waals surface area contributed by atoms with Gasteiger partial charge in [-0.2, -0.15) is 0 Å². The Balaban J connectivity index is 2.05. The van der Waals surface area contributed by atoms with Gasteiger partial charge in [-0.25, -0.2) is 4.79 Å². The molecule has 0 aliphatic heterocycles. The number of urea groups is 1. The second-order valence-corrected chi connectivity index (χ2v) is 5.84.